The van der Waals surface area contributed by atoms with E-state index in [1.165, 1.54) is 11.3 Å². The maximum Gasteiger partial charge on any atom is 0.187 e. The van der Waals surface area contributed by atoms with E-state index < -0.39 is 0 Å². The molecule has 0 aromatic heterocycles. The van der Waals surface area contributed by atoms with Gasteiger partial charge in [-0.3, -0.25) is 5.43 Å². The van der Waals surface area contributed by atoms with E-state index in [2.05, 4.69) is 46.2 Å². The number of quaternary nitrogens is 1. The van der Waals surface area contributed by atoms with Crippen molar-refractivity contribution >= 4 is 23.0 Å². The van der Waals surface area contributed by atoms with E-state index in [0.717, 1.165) is 58.5 Å². The number of likely N-dealkylation sites (tertiary alicyclic amines) is 1. The number of nitrogens with one attached hydrogen (secondary N) is 3. The van der Waals surface area contributed by atoms with Crippen LogP contribution in [0.2, 0.25) is 0 Å². The zero-order chi connectivity index (χ0) is 16.6. The Hall–Kier alpha value is -1.50. The highest BCUT2D eigenvalue weighted by Gasteiger charge is 2.19. The Bertz CT molecular complexity index is 547. The first-order chi connectivity index (χ1) is 11.8. The van der Waals surface area contributed by atoms with E-state index in [1.54, 1.807) is 4.90 Å². The molecule has 0 bridgehead atoms. The number of nitrogens with zero attached hydrogens (tertiary/aromatic N) is 1. The minimum Gasteiger partial charge on any atom is -0.376 e. The number of thiocarbonyl (C=S) groups is 1. The molecule has 6 heteroatoms. The van der Waals surface area contributed by atoms with Gasteiger partial charge in [-0.15, -0.1) is 0 Å². The lowest BCUT2D eigenvalue weighted by molar-refractivity contribution is -0.914. The fraction of sp³-hybridized carbons (Fsp3) is 0.556. The van der Waals surface area contributed by atoms with Crippen LogP contribution in [0.15, 0.2) is 35.4 Å². The summed E-state index contributed by atoms with van der Waals surface area (Å²) < 4.78 is 5.57. The predicted octanol–water partition coefficient (Wildman–Crippen LogP) is 0.864. The quantitative estimate of drug-likeness (QED) is 0.546. The highest BCUT2D eigenvalue weighted by molar-refractivity contribution is 7.80. The Morgan fingerprint density at radius 3 is 2.75 bits per heavy atom. The molecule has 3 rings (SSSR count). The molecule has 130 valence electrons. The van der Waals surface area contributed by atoms with Crippen molar-refractivity contribution in [2.24, 2.45) is 5.10 Å². The van der Waals surface area contributed by atoms with Crippen LogP contribution in [0.4, 0.5) is 0 Å². The number of hydrogen-bond acceptors (Lipinski definition) is 3. The normalized spacial score (nSPS) is 23.8. The smallest absolute Gasteiger partial charge is 0.187 e. The molecule has 1 aromatic carbocycles. The summed E-state index contributed by atoms with van der Waals surface area (Å²) in [4.78, 5) is 1.62. The van der Waals surface area contributed by atoms with Gasteiger partial charge < -0.3 is 15.0 Å². The summed E-state index contributed by atoms with van der Waals surface area (Å²) in [6, 6.07) is 10.7. The molecule has 0 radical (unpaired) electrons. The van der Waals surface area contributed by atoms with Crippen molar-refractivity contribution in [3.05, 3.63) is 35.9 Å². The summed E-state index contributed by atoms with van der Waals surface area (Å²) in [5.41, 5.74) is 5.61. The Kier molecular flexibility index (Phi) is 6.57. The fourth-order valence-corrected chi connectivity index (χ4v) is 3.38. The second-order valence-electron chi connectivity index (χ2n) is 6.55. The number of ether oxygens (including phenoxy) is 1. The van der Waals surface area contributed by atoms with Crippen LogP contribution in [0.5, 0.6) is 0 Å². The van der Waals surface area contributed by atoms with E-state index in [0.29, 0.717) is 11.2 Å². The third-order valence-electron chi connectivity index (χ3n) is 4.66. The molecular weight excluding hydrogens is 320 g/mol. The summed E-state index contributed by atoms with van der Waals surface area (Å²) in [7, 11) is 0. The van der Waals surface area contributed by atoms with Crippen LogP contribution >= 0.6 is 12.2 Å². The van der Waals surface area contributed by atoms with Gasteiger partial charge in [-0.2, -0.15) is 5.10 Å². The first-order valence-corrected chi connectivity index (χ1v) is 9.29. The molecule has 2 heterocycles. The van der Waals surface area contributed by atoms with Crippen LogP contribution in [0, 0.1) is 0 Å². The molecule has 2 aliphatic heterocycles. The van der Waals surface area contributed by atoms with E-state index in [-0.39, 0.29) is 0 Å². The molecule has 2 aliphatic rings. The predicted molar refractivity (Wildman–Crippen MR) is 100 cm³/mol. The number of benzene rings is 1. The topological polar surface area (TPSA) is 50.1 Å². The highest BCUT2D eigenvalue weighted by Crippen LogP contribution is 2.10. The van der Waals surface area contributed by atoms with Gasteiger partial charge in [0.05, 0.1) is 19.2 Å². The first kappa shape index (κ1) is 17.3. The molecule has 0 amide bonds. The lowest BCUT2D eigenvalue weighted by Gasteiger charge is -2.24. The molecular formula is C18H27N4OS+. The first-order valence-electron chi connectivity index (χ1n) is 8.88. The van der Waals surface area contributed by atoms with Crippen LogP contribution < -0.4 is 15.6 Å². The highest BCUT2D eigenvalue weighted by atomic mass is 32.1. The molecule has 0 saturated carbocycles. The molecule has 1 atom stereocenters. The van der Waals surface area contributed by atoms with Crippen LogP contribution in [0.1, 0.15) is 31.2 Å². The Morgan fingerprint density at radius 2 is 2.04 bits per heavy atom. The van der Waals surface area contributed by atoms with Crippen LogP contribution in [0.3, 0.4) is 0 Å². The largest absolute Gasteiger partial charge is 0.376 e. The number of piperidine rings is 1. The minimum absolute atomic E-state index is 0.294. The Labute approximate surface area is 149 Å². The maximum absolute atomic E-state index is 5.57. The lowest BCUT2D eigenvalue weighted by Crippen LogP contribution is -3.11. The Morgan fingerprint density at radius 1 is 1.25 bits per heavy atom. The second kappa shape index (κ2) is 9.11. The molecule has 24 heavy (non-hydrogen) atoms. The van der Waals surface area contributed by atoms with Gasteiger partial charge in [0.1, 0.15) is 6.54 Å². The van der Waals surface area contributed by atoms with Crippen LogP contribution in [-0.4, -0.2) is 43.2 Å². The van der Waals surface area contributed by atoms with E-state index in [1.807, 2.05) is 0 Å². The maximum atomic E-state index is 5.57. The third-order valence-corrected chi connectivity index (χ3v) is 4.90. The number of rotatable bonds is 5. The van der Waals surface area contributed by atoms with Gasteiger partial charge >= 0.3 is 0 Å². The summed E-state index contributed by atoms with van der Waals surface area (Å²) >= 11 is 5.28. The van der Waals surface area contributed by atoms with Gasteiger partial charge in [-0.05, 0) is 25.1 Å². The van der Waals surface area contributed by atoms with Crippen LogP contribution in [-0.2, 0) is 11.3 Å². The van der Waals surface area contributed by atoms with Gasteiger partial charge in [0.2, 0.25) is 0 Å². The van der Waals surface area contributed by atoms with Gasteiger partial charge in [0.25, 0.3) is 0 Å². The standard InChI is InChI=1S/C18H26N4OS/c24-18(19-13-17-7-4-12-23-17)21-20-16-8-10-22(11-9-16)14-15-5-2-1-3-6-15/h1-3,5-6,17H,4,7-14H2,(H2,19,21,24)/p+1/t17-/m1/s1. The molecule has 3 N–H and O–H groups in total. The average molecular weight is 348 g/mol. The van der Waals surface area contributed by atoms with Gasteiger partial charge in [0, 0.05) is 37.3 Å². The summed E-state index contributed by atoms with van der Waals surface area (Å²) in [6.45, 7) is 5.00. The van der Waals surface area contributed by atoms with Crippen molar-refractivity contribution in [2.45, 2.75) is 38.3 Å². The van der Waals surface area contributed by atoms with Crippen LogP contribution in [0.25, 0.3) is 0 Å². The number of hydrogen-bond donors (Lipinski definition) is 3. The van der Waals surface area contributed by atoms with Crippen molar-refractivity contribution in [2.75, 3.05) is 26.2 Å². The van der Waals surface area contributed by atoms with Gasteiger partial charge in [-0.25, -0.2) is 0 Å². The zero-order valence-corrected chi connectivity index (χ0v) is 14.9. The zero-order valence-electron chi connectivity index (χ0n) is 14.1. The molecule has 2 saturated heterocycles. The van der Waals surface area contributed by atoms with Gasteiger partial charge in [0.15, 0.2) is 5.11 Å². The van der Waals surface area contributed by atoms with Gasteiger partial charge in [-0.1, -0.05) is 30.3 Å². The Balaban J connectivity index is 1.34. The molecule has 0 spiro atoms. The summed E-state index contributed by atoms with van der Waals surface area (Å²) in [5, 5.41) is 8.26. The molecule has 2 fully saturated rings. The van der Waals surface area contributed by atoms with Crippen molar-refractivity contribution in [3.63, 3.8) is 0 Å². The van der Waals surface area contributed by atoms with E-state index in [4.69, 9.17) is 17.0 Å². The molecule has 0 aliphatic carbocycles. The third kappa shape index (κ3) is 5.54. The summed E-state index contributed by atoms with van der Waals surface area (Å²) in [6.07, 6.45) is 4.62. The number of hydrazone groups is 1. The monoisotopic (exact) mass is 347 g/mol. The SMILES string of the molecule is S=C(NC[C@H]1CCCO1)NN=C1CC[NH+](Cc2ccccc2)CC1. The van der Waals surface area contributed by atoms with E-state index in [9.17, 15) is 0 Å². The van der Waals surface area contributed by atoms with Crippen molar-refractivity contribution < 1.29 is 9.64 Å². The van der Waals surface area contributed by atoms with Crippen molar-refractivity contribution in [1.82, 2.24) is 10.7 Å². The average Bonchev–Trinajstić information content (AvgIpc) is 3.14. The van der Waals surface area contributed by atoms with E-state index >= 15 is 0 Å². The van der Waals surface area contributed by atoms with Crippen molar-refractivity contribution in [1.29, 1.82) is 0 Å². The molecule has 5 nitrogen and oxygen atoms in total. The fourth-order valence-electron chi connectivity index (χ4n) is 3.25. The lowest BCUT2D eigenvalue weighted by atomic mass is 10.1. The molecule has 0 unspecified atom stereocenters. The summed E-state index contributed by atoms with van der Waals surface area (Å²) in [5.74, 6) is 0. The minimum atomic E-state index is 0.294. The molecule has 1 aromatic rings. The van der Waals surface area contributed by atoms with Crippen molar-refractivity contribution in [3.8, 4) is 0 Å². The second-order valence-corrected chi connectivity index (χ2v) is 6.96.